The number of rotatable bonds is 2. The third kappa shape index (κ3) is 3.93. The van der Waals surface area contributed by atoms with Gasteiger partial charge in [-0.2, -0.15) is 5.26 Å². The lowest BCUT2D eigenvalue weighted by atomic mass is 9.66. The van der Waals surface area contributed by atoms with Crippen LogP contribution in [0.3, 0.4) is 0 Å². The highest BCUT2D eigenvalue weighted by Gasteiger charge is 2.41. The van der Waals surface area contributed by atoms with Crippen LogP contribution in [-0.2, 0) is 4.74 Å². The normalized spacial score (nSPS) is 22.4. The van der Waals surface area contributed by atoms with Crippen molar-refractivity contribution >= 4 is 6.08 Å². The summed E-state index contributed by atoms with van der Waals surface area (Å²) in [5, 5.41) is 9.86. The Morgan fingerprint density at radius 3 is 2.31 bits per heavy atom. The van der Waals surface area contributed by atoms with Crippen molar-refractivity contribution in [3.8, 4) is 6.07 Å². The predicted octanol–water partition coefficient (Wildman–Crippen LogP) is 6.57. The Morgan fingerprint density at radius 1 is 1.03 bits per heavy atom. The minimum absolute atomic E-state index is 0.0341. The molecule has 164 valence electrons. The monoisotopic (exact) mass is 432 g/mol. The van der Waals surface area contributed by atoms with Gasteiger partial charge in [0.15, 0.2) is 0 Å². The van der Waals surface area contributed by atoms with Crippen LogP contribution in [0.15, 0.2) is 76.9 Å². The number of ether oxygens (including phenoxy) is 1. The number of allylic oxidation sites excluding steroid dienone is 3. The fourth-order valence-corrected chi connectivity index (χ4v) is 4.54. The molecule has 2 N–H and O–H groups in total. The summed E-state index contributed by atoms with van der Waals surface area (Å²) in [6.45, 7) is 6.46. The van der Waals surface area contributed by atoms with E-state index in [0.717, 1.165) is 11.1 Å². The zero-order chi connectivity index (χ0) is 23.0. The number of nitrogens with two attached hydrogens (primary N) is 1. The molecule has 0 radical (unpaired) electrons. The van der Waals surface area contributed by atoms with Crippen LogP contribution >= 0.6 is 0 Å². The molecule has 0 saturated carbocycles. The number of hydrogen-bond donors (Lipinski definition) is 1. The van der Waals surface area contributed by atoms with Crippen molar-refractivity contribution in [1.82, 2.24) is 0 Å². The van der Waals surface area contributed by atoms with Crippen molar-refractivity contribution in [3.05, 3.63) is 99.7 Å². The van der Waals surface area contributed by atoms with E-state index in [2.05, 4.69) is 26.8 Å². The Bertz CT molecular complexity index is 1190. The first-order chi connectivity index (χ1) is 15.2. The lowest BCUT2D eigenvalue weighted by Crippen LogP contribution is -2.31. The molecular formula is C27H26F2N2O. The first-order valence-corrected chi connectivity index (χ1v) is 10.7. The van der Waals surface area contributed by atoms with Crippen LogP contribution in [0.1, 0.15) is 50.7 Å². The summed E-state index contributed by atoms with van der Waals surface area (Å²) in [6.07, 6.45) is 3.08. The standard InChI is InChI=1S/C27H26F2N2O/c1-27(2,3)18-13-17(12-16-8-4-6-10-22(16)28)25-20(14-18)24(21(15-30)26(31)32-25)19-9-5-7-11-23(19)29/h4-12,18,24H,13-14,31H2,1-3H3. The highest BCUT2D eigenvalue weighted by atomic mass is 19.1. The minimum Gasteiger partial charge on any atom is -0.440 e. The number of nitriles is 1. The third-order valence-corrected chi connectivity index (χ3v) is 6.43. The molecule has 0 spiro atoms. The van der Waals surface area contributed by atoms with Crippen molar-refractivity contribution in [2.75, 3.05) is 0 Å². The van der Waals surface area contributed by atoms with E-state index in [1.165, 1.54) is 12.1 Å². The lowest BCUT2D eigenvalue weighted by Gasteiger charge is -2.41. The van der Waals surface area contributed by atoms with E-state index in [-0.39, 0.29) is 28.6 Å². The quantitative estimate of drug-likeness (QED) is 0.584. The molecular weight excluding hydrogens is 406 g/mol. The van der Waals surface area contributed by atoms with Gasteiger partial charge in [0.2, 0.25) is 5.88 Å². The molecule has 32 heavy (non-hydrogen) atoms. The molecule has 0 fully saturated rings. The van der Waals surface area contributed by atoms with E-state index < -0.39 is 11.7 Å². The summed E-state index contributed by atoms with van der Waals surface area (Å²) >= 11 is 0. The number of benzene rings is 2. The summed E-state index contributed by atoms with van der Waals surface area (Å²) in [5.74, 6) is -0.686. The van der Waals surface area contributed by atoms with Gasteiger partial charge in [-0.25, -0.2) is 8.78 Å². The Balaban J connectivity index is 1.95. The summed E-state index contributed by atoms with van der Waals surface area (Å²) in [4.78, 5) is 0. The van der Waals surface area contributed by atoms with Crippen LogP contribution < -0.4 is 5.73 Å². The molecule has 0 bridgehead atoms. The van der Waals surface area contributed by atoms with Crippen molar-refractivity contribution in [3.63, 3.8) is 0 Å². The van der Waals surface area contributed by atoms with Gasteiger partial charge in [0.1, 0.15) is 29.0 Å². The molecule has 0 aromatic heterocycles. The zero-order valence-corrected chi connectivity index (χ0v) is 18.5. The topological polar surface area (TPSA) is 59.0 Å². The van der Waals surface area contributed by atoms with Crippen LogP contribution in [0.5, 0.6) is 0 Å². The Morgan fingerprint density at radius 2 is 1.69 bits per heavy atom. The maximum absolute atomic E-state index is 14.9. The average Bonchev–Trinajstić information content (AvgIpc) is 2.74. The molecule has 0 amide bonds. The van der Waals surface area contributed by atoms with Crippen molar-refractivity contribution in [2.45, 2.75) is 39.5 Å². The molecule has 0 saturated heterocycles. The van der Waals surface area contributed by atoms with E-state index in [1.807, 2.05) is 0 Å². The molecule has 1 heterocycles. The van der Waals surface area contributed by atoms with E-state index in [1.54, 1.807) is 42.5 Å². The highest BCUT2D eigenvalue weighted by molar-refractivity contribution is 5.63. The highest BCUT2D eigenvalue weighted by Crippen LogP contribution is 2.52. The van der Waals surface area contributed by atoms with E-state index in [9.17, 15) is 14.0 Å². The zero-order valence-electron chi connectivity index (χ0n) is 18.5. The first-order valence-electron chi connectivity index (χ1n) is 10.7. The number of halogens is 2. The smallest absolute Gasteiger partial charge is 0.205 e. The first kappa shape index (κ1) is 21.8. The summed E-state index contributed by atoms with van der Waals surface area (Å²) < 4.78 is 35.3. The predicted molar refractivity (Wildman–Crippen MR) is 121 cm³/mol. The maximum Gasteiger partial charge on any atom is 0.205 e. The molecule has 1 aliphatic heterocycles. The van der Waals surface area contributed by atoms with Crippen LogP contribution in [0.25, 0.3) is 6.08 Å². The Hall–Kier alpha value is -3.39. The average molecular weight is 433 g/mol. The largest absolute Gasteiger partial charge is 0.440 e. The van der Waals surface area contributed by atoms with Crippen molar-refractivity contribution in [1.29, 1.82) is 5.26 Å². The van der Waals surface area contributed by atoms with Gasteiger partial charge in [0.25, 0.3) is 0 Å². The molecule has 2 aromatic rings. The Labute approximate surface area is 187 Å². The van der Waals surface area contributed by atoms with Gasteiger partial charge >= 0.3 is 0 Å². The number of nitrogens with zero attached hydrogens (tertiary/aromatic N) is 1. The molecule has 1 aliphatic carbocycles. The molecule has 5 heteroatoms. The van der Waals surface area contributed by atoms with Crippen molar-refractivity contribution in [2.24, 2.45) is 17.1 Å². The van der Waals surface area contributed by atoms with Crippen LogP contribution in [0.4, 0.5) is 8.78 Å². The van der Waals surface area contributed by atoms with Gasteiger partial charge in [0, 0.05) is 11.1 Å². The van der Waals surface area contributed by atoms with Gasteiger partial charge in [-0.05, 0) is 53.5 Å². The van der Waals surface area contributed by atoms with Gasteiger partial charge in [-0.1, -0.05) is 57.2 Å². The second-order valence-electron chi connectivity index (χ2n) is 9.46. The lowest BCUT2D eigenvalue weighted by molar-refractivity contribution is 0.200. The SMILES string of the molecule is CC(C)(C)C1CC(=Cc2ccccc2F)C2=C(C1)C(c1ccccc1F)C(C#N)=C(N)O2. The second kappa shape index (κ2) is 8.27. The molecule has 2 atom stereocenters. The Kier molecular flexibility index (Phi) is 5.64. The fourth-order valence-electron chi connectivity index (χ4n) is 4.54. The molecule has 2 unspecified atom stereocenters. The van der Waals surface area contributed by atoms with Gasteiger partial charge < -0.3 is 10.5 Å². The van der Waals surface area contributed by atoms with Gasteiger partial charge in [-0.15, -0.1) is 0 Å². The minimum atomic E-state index is -0.640. The molecule has 4 rings (SSSR count). The second-order valence-corrected chi connectivity index (χ2v) is 9.46. The van der Waals surface area contributed by atoms with Gasteiger partial charge in [-0.3, -0.25) is 0 Å². The maximum atomic E-state index is 14.9. The summed E-state index contributed by atoms with van der Waals surface area (Å²) in [6, 6.07) is 15.1. The van der Waals surface area contributed by atoms with Crippen molar-refractivity contribution < 1.29 is 13.5 Å². The van der Waals surface area contributed by atoms with E-state index in [0.29, 0.717) is 29.7 Å². The summed E-state index contributed by atoms with van der Waals surface area (Å²) in [7, 11) is 0. The van der Waals surface area contributed by atoms with Crippen LogP contribution in [-0.4, -0.2) is 0 Å². The third-order valence-electron chi connectivity index (χ3n) is 6.43. The summed E-state index contributed by atoms with van der Waals surface area (Å²) in [5.41, 5.74) is 8.75. The fraction of sp³-hybridized carbons (Fsp3) is 0.296. The van der Waals surface area contributed by atoms with Gasteiger partial charge in [0.05, 0.1) is 5.92 Å². The van der Waals surface area contributed by atoms with E-state index >= 15 is 0 Å². The van der Waals surface area contributed by atoms with Crippen LogP contribution in [0.2, 0.25) is 0 Å². The molecule has 2 aromatic carbocycles. The molecule has 2 aliphatic rings. The molecule has 3 nitrogen and oxygen atoms in total. The van der Waals surface area contributed by atoms with Crippen LogP contribution in [0, 0.1) is 34.3 Å². The van der Waals surface area contributed by atoms with E-state index in [4.69, 9.17) is 10.5 Å². The number of hydrogen-bond acceptors (Lipinski definition) is 3.